The average molecular weight is 362 g/mol. The number of nitrogens with zero attached hydrogens (tertiary/aromatic N) is 4. The second-order valence-corrected chi connectivity index (χ2v) is 6.65. The molecule has 1 atom stereocenters. The van der Waals surface area contributed by atoms with Crippen molar-refractivity contribution in [2.45, 2.75) is 12.5 Å². The smallest absolute Gasteiger partial charge is 0.259 e. The van der Waals surface area contributed by atoms with Crippen LogP contribution in [0.2, 0.25) is 0 Å². The molecule has 2 aliphatic rings. The van der Waals surface area contributed by atoms with Gasteiger partial charge in [0.1, 0.15) is 5.56 Å². The Morgan fingerprint density at radius 2 is 2.04 bits per heavy atom. The van der Waals surface area contributed by atoms with Crippen molar-refractivity contribution in [2.24, 2.45) is 0 Å². The highest BCUT2D eigenvalue weighted by molar-refractivity contribution is 5.96. The standard InChI is InChI=1S/C18H26N4O4/c1-20-7-4-8-21(10-9-20)18(24)15-13-22(11-12-26-15)17(23)14-5-3-6-19-16(14)25-2/h3,5-6,15H,4,7-13H2,1-2H3/t15-/m1/s1. The molecule has 0 bridgehead atoms. The molecular weight excluding hydrogens is 336 g/mol. The molecule has 0 radical (unpaired) electrons. The first-order chi connectivity index (χ1) is 12.6. The highest BCUT2D eigenvalue weighted by Gasteiger charge is 2.33. The Bertz CT molecular complexity index is 654. The third-order valence-corrected chi connectivity index (χ3v) is 4.86. The molecule has 0 spiro atoms. The van der Waals surface area contributed by atoms with E-state index in [9.17, 15) is 9.59 Å². The fraction of sp³-hybridized carbons (Fsp3) is 0.611. The van der Waals surface area contributed by atoms with E-state index < -0.39 is 6.10 Å². The van der Waals surface area contributed by atoms with E-state index in [0.29, 0.717) is 31.1 Å². The van der Waals surface area contributed by atoms with Gasteiger partial charge in [-0.3, -0.25) is 9.59 Å². The number of hydrogen-bond donors (Lipinski definition) is 0. The highest BCUT2D eigenvalue weighted by atomic mass is 16.5. The summed E-state index contributed by atoms with van der Waals surface area (Å²) >= 11 is 0. The van der Waals surface area contributed by atoms with Gasteiger partial charge in [-0.25, -0.2) is 4.98 Å². The molecule has 2 amide bonds. The Balaban J connectivity index is 1.67. The van der Waals surface area contributed by atoms with Gasteiger partial charge >= 0.3 is 0 Å². The second kappa shape index (κ2) is 8.46. The average Bonchev–Trinajstić information content (AvgIpc) is 2.91. The molecular formula is C18H26N4O4. The van der Waals surface area contributed by atoms with Crippen LogP contribution in [0, 0.1) is 0 Å². The third kappa shape index (κ3) is 4.13. The van der Waals surface area contributed by atoms with E-state index in [2.05, 4.69) is 16.9 Å². The predicted molar refractivity (Wildman–Crippen MR) is 95.1 cm³/mol. The number of carbonyl (C=O) groups is 2. The van der Waals surface area contributed by atoms with Gasteiger partial charge in [0.05, 0.1) is 20.3 Å². The lowest BCUT2D eigenvalue weighted by Gasteiger charge is -2.34. The maximum atomic E-state index is 12.8. The molecule has 0 aromatic carbocycles. The molecule has 0 unspecified atom stereocenters. The number of rotatable bonds is 3. The van der Waals surface area contributed by atoms with Gasteiger partial charge in [-0.15, -0.1) is 0 Å². The Kier molecular flexibility index (Phi) is 6.05. The van der Waals surface area contributed by atoms with Gasteiger partial charge in [0.15, 0.2) is 6.10 Å². The number of carbonyl (C=O) groups excluding carboxylic acids is 2. The number of aromatic nitrogens is 1. The first-order valence-electron chi connectivity index (χ1n) is 8.97. The van der Waals surface area contributed by atoms with Crippen LogP contribution in [0.15, 0.2) is 18.3 Å². The summed E-state index contributed by atoms with van der Waals surface area (Å²) in [5.41, 5.74) is 0.402. The maximum absolute atomic E-state index is 12.8. The molecule has 3 heterocycles. The van der Waals surface area contributed by atoms with Crippen LogP contribution in [0.4, 0.5) is 0 Å². The Hall–Kier alpha value is -2.19. The molecule has 8 nitrogen and oxygen atoms in total. The van der Waals surface area contributed by atoms with Gasteiger partial charge in [0, 0.05) is 32.4 Å². The zero-order valence-electron chi connectivity index (χ0n) is 15.4. The minimum Gasteiger partial charge on any atom is -0.480 e. The number of ether oxygens (including phenoxy) is 2. The van der Waals surface area contributed by atoms with Crippen LogP contribution in [0.3, 0.4) is 0 Å². The van der Waals surface area contributed by atoms with E-state index in [1.54, 1.807) is 23.2 Å². The summed E-state index contributed by atoms with van der Waals surface area (Å²) < 4.78 is 10.9. The molecule has 2 saturated heterocycles. The van der Waals surface area contributed by atoms with Crippen LogP contribution in [-0.2, 0) is 9.53 Å². The van der Waals surface area contributed by atoms with Gasteiger partial charge in [0.25, 0.3) is 11.8 Å². The first-order valence-corrected chi connectivity index (χ1v) is 8.97. The predicted octanol–water partition coefficient (Wildman–Crippen LogP) is 0.0953. The summed E-state index contributed by atoms with van der Waals surface area (Å²) in [6, 6.07) is 3.39. The fourth-order valence-corrected chi connectivity index (χ4v) is 3.34. The third-order valence-electron chi connectivity index (χ3n) is 4.86. The van der Waals surface area contributed by atoms with Crippen molar-refractivity contribution in [3.05, 3.63) is 23.9 Å². The summed E-state index contributed by atoms with van der Waals surface area (Å²) in [5.74, 6) is 0.0741. The van der Waals surface area contributed by atoms with Crippen LogP contribution in [0.1, 0.15) is 16.8 Å². The lowest BCUT2D eigenvalue weighted by molar-refractivity contribution is -0.148. The number of pyridine rings is 1. The normalized spacial score (nSPS) is 22.0. The number of amides is 2. The molecule has 26 heavy (non-hydrogen) atoms. The van der Waals surface area contributed by atoms with E-state index in [4.69, 9.17) is 9.47 Å². The van der Waals surface area contributed by atoms with Crippen molar-refractivity contribution in [1.82, 2.24) is 19.7 Å². The van der Waals surface area contributed by atoms with E-state index >= 15 is 0 Å². The minimum absolute atomic E-state index is 0.0315. The SMILES string of the molecule is COc1ncccc1C(=O)N1CCO[C@@H](C(=O)N2CCCN(C)CC2)C1. The summed E-state index contributed by atoms with van der Waals surface area (Å²) in [4.78, 5) is 35.5. The molecule has 1 aromatic rings. The Labute approximate surface area is 153 Å². The highest BCUT2D eigenvalue weighted by Crippen LogP contribution is 2.19. The minimum atomic E-state index is -0.612. The van der Waals surface area contributed by atoms with Crippen LogP contribution in [0.25, 0.3) is 0 Å². The van der Waals surface area contributed by atoms with Crippen molar-refractivity contribution >= 4 is 11.8 Å². The lowest BCUT2D eigenvalue weighted by Crippen LogP contribution is -2.53. The largest absolute Gasteiger partial charge is 0.480 e. The van der Waals surface area contributed by atoms with Gasteiger partial charge in [-0.1, -0.05) is 0 Å². The lowest BCUT2D eigenvalue weighted by atomic mass is 10.2. The zero-order valence-corrected chi connectivity index (χ0v) is 15.4. The maximum Gasteiger partial charge on any atom is 0.259 e. The molecule has 0 aliphatic carbocycles. The summed E-state index contributed by atoms with van der Waals surface area (Å²) in [6.45, 7) is 4.31. The van der Waals surface area contributed by atoms with Crippen molar-refractivity contribution in [3.8, 4) is 5.88 Å². The van der Waals surface area contributed by atoms with Gasteiger partial charge < -0.3 is 24.2 Å². The van der Waals surface area contributed by atoms with Crippen LogP contribution < -0.4 is 4.74 Å². The number of hydrogen-bond acceptors (Lipinski definition) is 6. The van der Waals surface area contributed by atoms with E-state index in [0.717, 1.165) is 26.1 Å². The number of morpholine rings is 1. The zero-order chi connectivity index (χ0) is 18.5. The molecule has 0 saturated carbocycles. The molecule has 2 aliphatic heterocycles. The van der Waals surface area contributed by atoms with Gasteiger partial charge in [-0.05, 0) is 32.1 Å². The molecule has 0 N–H and O–H groups in total. The molecule has 1 aromatic heterocycles. The summed E-state index contributed by atoms with van der Waals surface area (Å²) in [6.07, 6.45) is 1.92. The van der Waals surface area contributed by atoms with Gasteiger partial charge in [-0.2, -0.15) is 0 Å². The fourth-order valence-electron chi connectivity index (χ4n) is 3.34. The van der Waals surface area contributed by atoms with Crippen LogP contribution in [0.5, 0.6) is 5.88 Å². The number of likely N-dealkylation sites (N-methyl/N-ethyl adjacent to an activating group) is 1. The quantitative estimate of drug-likeness (QED) is 0.759. The van der Waals surface area contributed by atoms with Gasteiger partial charge in [0.2, 0.25) is 5.88 Å². The number of methoxy groups -OCH3 is 1. The van der Waals surface area contributed by atoms with Crippen LogP contribution >= 0.6 is 0 Å². The van der Waals surface area contributed by atoms with Crippen molar-refractivity contribution in [2.75, 3.05) is 60.0 Å². The van der Waals surface area contributed by atoms with E-state index in [-0.39, 0.29) is 18.4 Å². The Morgan fingerprint density at radius 1 is 1.19 bits per heavy atom. The van der Waals surface area contributed by atoms with Crippen molar-refractivity contribution < 1.29 is 19.1 Å². The van der Waals surface area contributed by atoms with E-state index in [1.165, 1.54) is 7.11 Å². The Morgan fingerprint density at radius 3 is 2.85 bits per heavy atom. The summed E-state index contributed by atoms with van der Waals surface area (Å²) in [5, 5.41) is 0. The molecule has 142 valence electrons. The molecule has 2 fully saturated rings. The summed E-state index contributed by atoms with van der Waals surface area (Å²) in [7, 11) is 3.55. The van der Waals surface area contributed by atoms with E-state index in [1.807, 2.05) is 4.90 Å². The van der Waals surface area contributed by atoms with Crippen LogP contribution in [-0.4, -0.2) is 97.6 Å². The topological polar surface area (TPSA) is 75.2 Å². The monoisotopic (exact) mass is 362 g/mol. The molecule has 3 rings (SSSR count). The molecule has 8 heteroatoms. The van der Waals surface area contributed by atoms with Crippen molar-refractivity contribution in [3.63, 3.8) is 0 Å². The second-order valence-electron chi connectivity index (χ2n) is 6.65. The van der Waals surface area contributed by atoms with Crippen molar-refractivity contribution in [1.29, 1.82) is 0 Å². The first kappa shape index (κ1) is 18.6.